The molecular weight excluding hydrogens is 297 g/mol. The number of carboxylic acids is 1. The molecule has 0 aliphatic rings. The van der Waals surface area contributed by atoms with E-state index in [1.165, 1.54) is 0 Å². The summed E-state index contributed by atoms with van der Waals surface area (Å²) in [5.74, 6) is -11.7. The smallest absolute Gasteiger partial charge is 0.305 e. The lowest BCUT2D eigenvalue weighted by Gasteiger charge is -2.31. The number of hydrogen-bond donors (Lipinski definition) is 2. The van der Waals surface area contributed by atoms with Gasteiger partial charge in [0.1, 0.15) is 5.69 Å². The molecule has 1 unspecified atom stereocenters. The van der Waals surface area contributed by atoms with E-state index in [4.69, 9.17) is 5.11 Å². The summed E-state index contributed by atoms with van der Waals surface area (Å²) in [6.07, 6.45) is -0.553. The number of aliphatic carboxylic acids is 1. The Morgan fingerprint density at radius 2 is 1.38 bits per heavy atom. The van der Waals surface area contributed by atoms with Crippen molar-refractivity contribution < 1.29 is 31.9 Å². The van der Waals surface area contributed by atoms with Gasteiger partial charge in [-0.25, -0.2) is 22.0 Å². The average molecular weight is 311 g/mol. The third-order valence-corrected chi connectivity index (χ3v) is 2.95. The normalized spacial score (nSPS) is 13.1. The van der Waals surface area contributed by atoms with E-state index < -0.39 is 58.6 Å². The molecule has 0 saturated heterocycles. The summed E-state index contributed by atoms with van der Waals surface area (Å²) in [5.41, 5.74) is -2.02. The van der Waals surface area contributed by atoms with Crippen molar-refractivity contribution in [3.63, 3.8) is 0 Å². The van der Waals surface area contributed by atoms with Crippen molar-refractivity contribution in [2.45, 2.75) is 33.2 Å². The highest BCUT2D eigenvalue weighted by molar-refractivity contribution is 5.68. The molecule has 0 bridgehead atoms. The van der Waals surface area contributed by atoms with Crippen molar-refractivity contribution in [2.75, 3.05) is 5.32 Å². The molecule has 0 fully saturated rings. The van der Waals surface area contributed by atoms with Gasteiger partial charge in [0.15, 0.2) is 23.3 Å². The van der Waals surface area contributed by atoms with E-state index in [2.05, 4.69) is 5.32 Å². The SMILES string of the molecule is CC(C)(C)C(CC(=O)O)Nc1c(F)c(F)c(F)c(F)c1F. The minimum absolute atomic E-state index is 0.553. The van der Waals surface area contributed by atoms with Crippen LogP contribution in [0.4, 0.5) is 27.6 Å². The fourth-order valence-corrected chi connectivity index (χ4v) is 1.65. The molecule has 0 heterocycles. The van der Waals surface area contributed by atoms with Gasteiger partial charge in [-0.2, -0.15) is 0 Å². The summed E-state index contributed by atoms with van der Waals surface area (Å²) >= 11 is 0. The molecule has 1 aromatic carbocycles. The average Bonchev–Trinajstić information content (AvgIpc) is 2.36. The Hall–Kier alpha value is -1.86. The second kappa shape index (κ2) is 5.87. The molecule has 1 rings (SSSR count). The molecule has 0 aliphatic carbocycles. The van der Waals surface area contributed by atoms with Gasteiger partial charge in [-0.05, 0) is 5.41 Å². The van der Waals surface area contributed by atoms with Gasteiger partial charge in [0.05, 0.1) is 6.42 Å². The molecule has 2 N–H and O–H groups in total. The first kappa shape index (κ1) is 17.2. The van der Waals surface area contributed by atoms with Crippen LogP contribution in [0.1, 0.15) is 27.2 Å². The van der Waals surface area contributed by atoms with Crippen LogP contribution >= 0.6 is 0 Å². The fourth-order valence-electron chi connectivity index (χ4n) is 1.65. The zero-order chi connectivity index (χ0) is 16.5. The van der Waals surface area contributed by atoms with Crippen LogP contribution in [0.2, 0.25) is 0 Å². The Balaban J connectivity index is 3.31. The number of benzene rings is 1. The van der Waals surface area contributed by atoms with E-state index in [0.29, 0.717) is 0 Å². The Morgan fingerprint density at radius 3 is 1.71 bits per heavy atom. The van der Waals surface area contributed by atoms with Crippen LogP contribution in [0.5, 0.6) is 0 Å². The highest BCUT2D eigenvalue weighted by atomic mass is 19.2. The van der Waals surface area contributed by atoms with E-state index >= 15 is 0 Å². The van der Waals surface area contributed by atoms with Crippen LogP contribution < -0.4 is 5.32 Å². The number of carbonyl (C=O) groups is 1. The zero-order valence-electron chi connectivity index (χ0n) is 11.5. The molecule has 0 aliphatic heterocycles. The standard InChI is InChI=1S/C13H14F5NO2/c1-13(2,3)5(4-6(20)21)19-12-10(17)8(15)7(14)9(16)11(12)18/h5,19H,4H2,1-3H3,(H,20,21). The zero-order valence-corrected chi connectivity index (χ0v) is 11.5. The first-order valence-electron chi connectivity index (χ1n) is 5.96. The Labute approximate surface area is 117 Å². The third-order valence-electron chi connectivity index (χ3n) is 2.95. The van der Waals surface area contributed by atoms with Gasteiger partial charge in [0, 0.05) is 6.04 Å². The number of rotatable bonds is 4. The topological polar surface area (TPSA) is 49.3 Å². The second-order valence-electron chi connectivity index (χ2n) is 5.61. The summed E-state index contributed by atoms with van der Waals surface area (Å²) in [6.45, 7) is 4.71. The number of carboxylic acid groups (broad SMARTS) is 1. The van der Waals surface area contributed by atoms with E-state index in [-0.39, 0.29) is 0 Å². The Kier molecular flexibility index (Phi) is 4.80. The van der Waals surface area contributed by atoms with Gasteiger partial charge >= 0.3 is 5.97 Å². The van der Waals surface area contributed by atoms with Gasteiger partial charge in [-0.1, -0.05) is 20.8 Å². The summed E-state index contributed by atoms with van der Waals surface area (Å²) in [6, 6.07) is -1.04. The molecule has 21 heavy (non-hydrogen) atoms. The summed E-state index contributed by atoms with van der Waals surface area (Å²) in [7, 11) is 0. The molecule has 0 amide bonds. The van der Waals surface area contributed by atoms with Crippen molar-refractivity contribution >= 4 is 11.7 Å². The second-order valence-corrected chi connectivity index (χ2v) is 5.61. The van der Waals surface area contributed by atoms with Crippen molar-refractivity contribution in [3.05, 3.63) is 29.1 Å². The molecule has 1 aromatic rings. The summed E-state index contributed by atoms with van der Waals surface area (Å²) in [4.78, 5) is 10.8. The van der Waals surface area contributed by atoms with E-state index in [1.807, 2.05) is 0 Å². The van der Waals surface area contributed by atoms with Crippen molar-refractivity contribution in [1.29, 1.82) is 0 Å². The predicted molar refractivity (Wildman–Crippen MR) is 65.4 cm³/mol. The predicted octanol–water partition coefficient (Wildman–Crippen LogP) is 3.68. The summed E-state index contributed by atoms with van der Waals surface area (Å²) < 4.78 is 66.2. The van der Waals surface area contributed by atoms with Gasteiger partial charge in [-0.15, -0.1) is 0 Å². The Morgan fingerprint density at radius 1 is 1.00 bits per heavy atom. The molecule has 0 spiro atoms. The lowest BCUT2D eigenvalue weighted by Crippen LogP contribution is -2.37. The molecular formula is C13H14F5NO2. The van der Waals surface area contributed by atoms with E-state index in [9.17, 15) is 26.7 Å². The van der Waals surface area contributed by atoms with Crippen LogP contribution in [-0.4, -0.2) is 17.1 Å². The maximum Gasteiger partial charge on any atom is 0.305 e. The van der Waals surface area contributed by atoms with Crippen LogP contribution in [0.25, 0.3) is 0 Å². The van der Waals surface area contributed by atoms with E-state index in [1.54, 1.807) is 20.8 Å². The van der Waals surface area contributed by atoms with E-state index in [0.717, 1.165) is 0 Å². The lowest BCUT2D eigenvalue weighted by atomic mass is 9.84. The van der Waals surface area contributed by atoms with Crippen LogP contribution in [-0.2, 0) is 4.79 Å². The maximum absolute atomic E-state index is 13.6. The van der Waals surface area contributed by atoms with Crippen molar-refractivity contribution in [3.8, 4) is 0 Å². The molecule has 1 atom stereocenters. The molecule has 118 valence electrons. The lowest BCUT2D eigenvalue weighted by molar-refractivity contribution is -0.137. The number of halogens is 5. The number of hydrogen-bond acceptors (Lipinski definition) is 2. The molecule has 0 saturated carbocycles. The molecule has 0 aromatic heterocycles. The van der Waals surface area contributed by atoms with Crippen LogP contribution in [0.3, 0.4) is 0 Å². The first-order valence-corrected chi connectivity index (χ1v) is 5.96. The van der Waals surface area contributed by atoms with Crippen LogP contribution in [0.15, 0.2) is 0 Å². The maximum atomic E-state index is 13.6. The molecule has 0 radical (unpaired) electrons. The number of anilines is 1. The quantitative estimate of drug-likeness (QED) is 0.506. The first-order chi connectivity index (χ1) is 9.46. The monoisotopic (exact) mass is 311 g/mol. The van der Waals surface area contributed by atoms with Gasteiger partial charge < -0.3 is 10.4 Å². The van der Waals surface area contributed by atoms with Crippen molar-refractivity contribution in [2.24, 2.45) is 5.41 Å². The minimum atomic E-state index is -2.26. The van der Waals surface area contributed by atoms with Gasteiger partial charge in [-0.3, -0.25) is 4.79 Å². The third kappa shape index (κ3) is 3.62. The Bertz CT molecular complexity index is 540. The van der Waals surface area contributed by atoms with Gasteiger partial charge in [0.2, 0.25) is 5.82 Å². The molecule has 8 heteroatoms. The van der Waals surface area contributed by atoms with Gasteiger partial charge in [0.25, 0.3) is 0 Å². The largest absolute Gasteiger partial charge is 0.481 e. The van der Waals surface area contributed by atoms with Crippen molar-refractivity contribution in [1.82, 2.24) is 0 Å². The minimum Gasteiger partial charge on any atom is -0.481 e. The number of nitrogens with one attached hydrogen (secondary N) is 1. The van der Waals surface area contributed by atoms with Crippen LogP contribution in [0, 0.1) is 34.5 Å². The highest BCUT2D eigenvalue weighted by Crippen LogP contribution is 2.31. The highest BCUT2D eigenvalue weighted by Gasteiger charge is 2.32. The molecule has 3 nitrogen and oxygen atoms in total. The summed E-state index contributed by atoms with van der Waals surface area (Å²) in [5, 5.41) is 10.9. The fraction of sp³-hybridized carbons (Fsp3) is 0.462.